The minimum atomic E-state index is -3.99. The van der Waals surface area contributed by atoms with E-state index in [1.165, 1.54) is 17.4 Å². The highest BCUT2D eigenvalue weighted by atomic mass is 32.2. The number of nitrogens with one attached hydrogen (secondary N) is 4. The van der Waals surface area contributed by atoms with Crippen molar-refractivity contribution in [1.29, 1.82) is 0 Å². The summed E-state index contributed by atoms with van der Waals surface area (Å²) in [6, 6.07) is 11.9. The molecule has 2 amide bonds. The van der Waals surface area contributed by atoms with Crippen LogP contribution in [0.5, 0.6) is 0 Å². The van der Waals surface area contributed by atoms with Crippen LogP contribution in [0.2, 0.25) is 0 Å². The van der Waals surface area contributed by atoms with Crippen molar-refractivity contribution < 1.29 is 27.5 Å². The largest absolute Gasteiger partial charge is 0.448 e. The van der Waals surface area contributed by atoms with E-state index in [-0.39, 0.29) is 23.6 Å². The summed E-state index contributed by atoms with van der Waals surface area (Å²) in [6.45, 7) is 9.96. The molecule has 0 radical (unpaired) electrons. The molecule has 1 saturated heterocycles. The van der Waals surface area contributed by atoms with Crippen LogP contribution in [0.3, 0.4) is 0 Å². The van der Waals surface area contributed by atoms with Gasteiger partial charge in [-0.3, -0.25) is 10.6 Å². The van der Waals surface area contributed by atoms with E-state index in [2.05, 4.69) is 25.7 Å². The molecule has 1 aromatic heterocycles. The Balaban J connectivity index is 1.56. The van der Waals surface area contributed by atoms with Crippen molar-refractivity contribution in [3.05, 3.63) is 48.7 Å². The van der Waals surface area contributed by atoms with Crippen LogP contribution in [-0.4, -0.2) is 56.4 Å². The Kier molecular flexibility index (Phi) is 10.4. The first-order valence-corrected chi connectivity index (χ1v) is 16.5. The van der Waals surface area contributed by atoms with Crippen LogP contribution >= 0.6 is 11.3 Å². The van der Waals surface area contributed by atoms with Crippen molar-refractivity contribution in [1.82, 2.24) is 15.0 Å². The summed E-state index contributed by atoms with van der Waals surface area (Å²) >= 11 is 1.32. The molecule has 3 aromatic rings. The van der Waals surface area contributed by atoms with E-state index in [4.69, 9.17) is 9.47 Å². The maximum absolute atomic E-state index is 13.6. The molecule has 1 aliphatic heterocycles. The van der Waals surface area contributed by atoms with Gasteiger partial charge in [-0.15, -0.1) is 11.3 Å². The second-order valence-electron chi connectivity index (χ2n) is 11.6. The molecule has 2 heterocycles. The first-order valence-electron chi connectivity index (χ1n) is 14.2. The Morgan fingerprint density at radius 2 is 1.74 bits per heavy atom. The van der Waals surface area contributed by atoms with Crippen LogP contribution in [0, 0.1) is 0 Å². The van der Waals surface area contributed by atoms with Crippen LogP contribution < -0.4 is 20.7 Å². The second kappa shape index (κ2) is 13.8. The number of carbonyl (C=O) groups is 2. The van der Waals surface area contributed by atoms with Crippen molar-refractivity contribution in [2.75, 3.05) is 23.8 Å². The first-order chi connectivity index (χ1) is 20.3. The molecule has 4 rings (SSSR count). The lowest BCUT2D eigenvalue weighted by Gasteiger charge is -2.23. The summed E-state index contributed by atoms with van der Waals surface area (Å²) in [5.74, 6) is 0. The fraction of sp³-hybridized carbons (Fsp3) is 0.433. The molecule has 1 fully saturated rings. The highest BCUT2D eigenvalue weighted by Crippen LogP contribution is 2.37. The Bertz CT molecular complexity index is 1530. The van der Waals surface area contributed by atoms with E-state index in [0.29, 0.717) is 26.8 Å². The fourth-order valence-corrected chi connectivity index (χ4v) is 7.16. The zero-order chi connectivity index (χ0) is 31.2. The van der Waals surface area contributed by atoms with E-state index in [0.717, 1.165) is 31.4 Å². The van der Waals surface area contributed by atoms with E-state index < -0.39 is 27.7 Å². The van der Waals surface area contributed by atoms with Crippen molar-refractivity contribution in [3.63, 3.8) is 0 Å². The molecular formula is C30H39N5O6S2. The van der Waals surface area contributed by atoms with Crippen LogP contribution in [0.25, 0.3) is 21.0 Å². The molecule has 43 heavy (non-hydrogen) atoms. The number of hydrogen-bond donors (Lipinski definition) is 4. The average molecular weight is 630 g/mol. The quantitative estimate of drug-likeness (QED) is 0.219. The van der Waals surface area contributed by atoms with Gasteiger partial charge in [0.05, 0.1) is 15.9 Å². The van der Waals surface area contributed by atoms with Gasteiger partial charge in [0.1, 0.15) is 11.6 Å². The Hall–Kier alpha value is -3.52. The summed E-state index contributed by atoms with van der Waals surface area (Å²) in [5.41, 5.74) is 1.37. The van der Waals surface area contributed by atoms with E-state index >= 15 is 0 Å². The molecular weight excluding hydrogens is 590 g/mol. The van der Waals surface area contributed by atoms with Gasteiger partial charge in [0, 0.05) is 40.3 Å². The maximum atomic E-state index is 13.6. The lowest BCUT2D eigenvalue weighted by molar-refractivity contribution is 0.130. The lowest BCUT2D eigenvalue weighted by atomic mass is 10.1. The summed E-state index contributed by atoms with van der Waals surface area (Å²) in [5, 5.41) is 9.33. The number of ether oxygens (including phenoxy) is 2. The first kappa shape index (κ1) is 32.4. The Morgan fingerprint density at radius 1 is 1.05 bits per heavy atom. The minimum absolute atomic E-state index is 0.00702. The third kappa shape index (κ3) is 9.48. The zero-order valence-corrected chi connectivity index (χ0v) is 26.7. The SMILES string of the molecule is CC(C)OC(=O)Nc1ccc(-c2ncc(-c3ccc(NC(=O)OCC4CCCCN4)cc3S(=O)(=O)NC(C)(C)C)s2)cc1. The number of rotatable bonds is 9. The summed E-state index contributed by atoms with van der Waals surface area (Å²) in [7, 11) is -3.99. The van der Waals surface area contributed by atoms with Crippen molar-refractivity contribution in [2.24, 2.45) is 0 Å². The fourth-order valence-electron chi connectivity index (χ4n) is 4.47. The summed E-state index contributed by atoms with van der Waals surface area (Å²) < 4.78 is 40.3. The number of amides is 2. The average Bonchev–Trinajstić information content (AvgIpc) is 3.41. The van der Waals surface area contributed by atoms with E-state index in [1.807, 2.05) is 12.1 Å². The maximum Gasteiger partial charge on any atom is 0.411 e. The molecule has 1 atom stereocenters. The number of thiazole rings is 1. The number of carbonyl (C=O) groups excluding carboxylic acids is 2. The van der Waals surface area contributed by atoms with Gasteiger partial charge in [-0.05, 0) is 90.4 Å². The highest BCUT2D eigenvalue weighted by molar-refractivity contribution is 7.89. The zero-order valence-electron chi connectivity index (χ0n) is 25.0. The number of hydrogen-bond acceptors (Lipinski definition) is 9. The minimum Gasteiger partial charge on any atom is -0.448 e. The number of piperidine rings is 1. The highest BCUT2D eigenvalue weighted by Gasteiger charge is 2.27. The van der Waals surface area contributed by atoms with Gasteiger partial charge in [-0.2, -0.15) is 0 Å². The lowest BCUT2D eigenvalue weighted by Crippen LogP contribution is -2.40. The molecule has 2 aromatic carbocycles. The molecule has 0 spiro atoms. The van der Waals surface area contributed by atoms with Crippen LogP contribution in [0.15, 0.2) is 53.6 Å². The van der Waals surface area contributed by atoms with Gasteiger partial charge in [0.2, 0.25) is 10.0 Å². The van der Waals surface area contributed by atoms with Gasteiger partial charge in [0.15, 0.2) is 0 Å². The monoisotopic (exact) mass is 629 g/mol. The van der Waals surface area contributed by atoms with Crippen LogP contribution in [-0.2, 0) is 19.5 Å². The van der Waals surface area contributed by atoms with Crippen molar-refractivity contribution in [2.45, 2.75) is 76.5 Å². The number of anilines is 2. The summed E-state index contributed by atoms with van der Waals surface area (Å²) in [6.07, 6.45) is 3.33. The molecule has 0 saturated carbocycles. The van der Waals surface area contributed by atoms with Gasteiger partial charge < -0.3 is 14.8 Å². The number of sulfonamides is 1. The Labute approximate surface area is 256 Å². The topological polar surface area (TPSA) is 148 Å². The third-order valence-corrected chi connectivity index (χ3v) is 9.16. The molecule has 11 nitrogen and oxygen atoms in total. The molecule has 4 N–H and O–H groups in total. The smallest absolute Gasteiger partial charge is 0.411 e. The predicted molar refractivity (Wildman–Crippen MR) is 169 cm³/mol. The molecule has 0 aliphatic carbocycles. The van der Waals surface area contributed by atoms with Crippen LogP contribution in [0.4, 0.5) is 21.0 Å². The number of aromatic nitrogens is 1. The Morgan fingerprint density at radius 3 is 2.40 bits per heavy atom. The van der Waals surface area contributed by atoms with Gasteiger partial charge in [-0.1, -0.05) is 12.5 Å². The van der Waals surface area contributed by atoms with Gasteiger partial charge in [-0.25, -0.2) is 27.7 Å². The standard InChI is InChI=1S/C30H39N5O6S2/c1-19(2)41-29(37)33-21-11-9-20(10-12-21)27-32-17-25(42-27)24-14-13-22(16-26(24)43(38,39)35-30(3,4)5)34-28(36)40-18-23-8-6-7-15-31-23/h9-14,16-17,19,23,31,35H,6-8,15,18H2,1-5H3,(H,33,37)(H,34,36). The predicted octanol–water partition coefficient (Wildman–Crippen LogP) is 6.20. The van der Waals surface area contributed by atoms with Crippen molar-refractivity contribution >= 4 is 44.9 Å². The number of benzene rings is 2. The van der Waals surface area contributed by atoms with Crippen molar-refractivity contribution in [3.8, 4) is 21.0 Å². The molecule has 232 valence electrons. The number of nitrogens with zero attached hydrogens (tertiary/aromatic N) is 1. The van der Waals surface area contributed by atoms with Gasteiger partial charge in [0.25, 0.3) is 0 Å². The summed E-state index contributed by atoms with van der Waals surface area (Å²) in [4.78, 5) is 29.6. The van der Waals surface area contributed by atoms with Gasteiger partial charge >= 0.3 is 12.2 Å². The molecule has 1 aliphatic rings. The normalized spacial score (nSPS) is 15.6. The molecule has 13 heteroatoms. The van der Waals surface area contributed by atoms with Crippen LogP contribution in [0.1, 0.15) is 53.9 Å². The second-order valence-corrected chi connectivity index (χ2v) is 14.3. The molecule has 1 unspecified atom stereocenters. The van der Waals surface area contributed by atoms with E-state index in [1.54, 1.807) is 65.1 Å². The third-order valence-electron chi connectivity index (χ3n) is 6.28. The van der Waals surface area contributed by atoms with E-state index in [9.17, 15) is 18.0 Å². The molecule has 0 bridgehead atoms.